The summed E-state index contributed by atoms with van der Waals surface area (Å²) in [5, 5.41) is 24.4. The zero-order valence-corrected chi connectivity index (χ0v) is 28.6. The predicted molar refractivity (Wildman–Crippen MR) is 177 cm³/mol. The van der Waals surface area contributed by atoms with Crippen molar-refractivity contribution in [1.29, 1.82) is 0 Å². The van der Waals surface area contributed by atoms with Crippen LogP contribution in [0.1, 0.15) is 52.1 Å². The number of aromatic nitrogens is 4. The van der Waals surface area contributed by atoms with E-state index in [4.69, 9.17) is 16.0 Å². The molecule has 2 fully saturated rings. The van der Waals surface area contributed by atoms with Gasteiger partial charge in [-0.1, -0.05) is 32.4 Å². The Balaban J connectivity index is 1.28. The van der Waals surface area contributed by atoms with Crippen LogP contribution in [0.15, 0.2) is 36.7 Å². The van der Waals surface area contributed by atoms with E-state index in [0.29, 0.717) is 40.9 Å². The second-order valence-electron chi connectivity index (χ2n) is 13.6. The molecule has 0 atom stereocenters. The summed E-state index contributed by atoms with van der Waals surface area (Å²) < 4.78 is 21.2. The third-order valence-corrected chi connectivity index (χ3v) is 14.2. The number of amides is 1. The van der Waals surface area contributed by atoms with Gasteiger partial charge in [0.1, 0.15) is 29.5 Å². The lowest BCUT2D eigenvalue weighted by molar-refractivity contribution is -0.143. The van der Waals surface area contributed by atoms with Crippen molar-refractivity contribution in [3.05, 3.63) is 53.2 Å². The summed E-state index contributed by atoms with van der Waals surface area (Å²) in [6.07, 6.45) is 4.09. The van der Waals surface area contributed by atoms with E-state index in [1.54, 1.807) is 12.1 Å². The number of carboxylic acid groups (broad SMARTS) is 1. The minimum absolute atomic E-state index is 0.0186. The van der Waals surface area contributed by atoms with E-state index < -0.39 is 20.1 Å². The number of hydrogen-bond donors (Lipinski definition) is 3. The van der Waals surface area contributed by atoms with E-state index >= 15 is 0 Å². The van der Waals surface area contributed by atoms with Gasteiger partial charge in [0.15, 0.2) is 8.32 Å². The molecule has 11 nitrogen and oxygen atoms in total. The van der Waals surface area contributed by atoms with Crippen LogP contribution in [0.2, 0.25) is 23.2 Å². The second-order valence-corrected chi connectivity index (χ2v) is 18.9. The lowest BCUT2D eigenvalue weighted by atomic mass is 9.77. The number of piperidine rings is 1. The molecule has 1 amide bonds. The zero-order chi connectivity index (χ0) is 33.2. The number of carboxylic acids is 1. The molecule has 1 aliphatic heterocycles. The molecule has 2 aliphatic rings. The van der Waals surface area contributed by atoms with Gasteiger partial charge in [0.2, 0.25) is 5.91 Å². The first kappa shape index (κ1) is 33.8. The van der Waals surface area contributed by atoms with Crippen LogP contribution in [0.4, 0.5) is 21.7 Å². The summed E-state index contributed by atoms with van der Waals surface area (Å²) in [6.45, 7) is 12.4. The molecule has 3 N–H and O–H groups in total. The maximum atomic E-state index is 14.7. The maximum absolute atomic E-state index is 14.7. The van der Waals surface area contributed by atoms with Gasteiger partial charge in [-0.3, -0.25) is 9.59 Å². The fraction of sp³-hybridized carbons (Fsp3) is 0.500. The van der Waals surface area contributed by atoms with Crippen molar-refractivity contribution in [3.8, 4) is 11.3 Å². The lowest BCUT2D eigenvalue weighted by Crippen LogP contribution is -2.51. The van der Waals surface area contributed by atoms with Gasteiger partial charge in [0.05, 0.1) is 23.9 Å². The number of aliphatic carboxylic acids is 1. The van der Waals surface area contributed by atoms with Crippen molar-refractivity contribution in [2.45, 2.75) is 77.2 Å². The number of carbonyl (C=O) groups is 2. The molecule has 14 heteroatoms. The normalized spacial score (nSPS) is 19.4. The summed E-state index contributed by atoms with van der Waals surface area (Å²) in [7, 11) is -2.13. The van der Waals surface area contributed by atoms with Crippen LogP contribution in [-0.4, -0.2) is 69.5 Å². The van der Waals surface area contributed by atoms with E-state index in [1.807, 2.05) is 0 Å². The monoisotopic (exact) mass is 669 g/mol. The molecule has 3 heterocycles. The van der Waals surface area contributed by atoms with E-state index in [1.165, 1.54) is 24.5 Å². The molecule has 1 aromatic carbocycles. The van der Waals surface area contributed by atoms with Gasteiger partial charge < -0.3 is 25.1 Å². The third-order valence-electron chi connectivity index (χ3n) is 9.51. The maximum Gasteiger partial charge on any atom is 0.306 e. The average Bonchev–Trinajstić information content (AvgIpc) is 2.97. The Bertz CT molecular complexity index is 1590. The summed E-state index contributed by atoms with van der Waals surface area (Å²) >= 11 is 6.15. The zero-order valence-electron chi connectivity index (χ0n) is 26.8. The van der Waals surface area contributed by atoms with Gasteiger partial charge in [0.25, 0.3) is 0 Å². The number of halogens is 2. The van der Waals surface area contributed by atoms with Crippen LogP contribution in [0.5, 0.6) is 0 Å². The largest absolute Gasteiger partial charge is 0.481 e. The van der Waals surface area contributed by atoms with E-state index in [9.17, 15) is 19.1 Å². The van der Waals surface area contributed by atoms with Gasteiger partial charge >= 0.3 is 5.97 Å². The molecule has 46 heavy (non-hydrogen) atoms. The first-order chi connectivity index (χ1) is 21.7. The van der Waals surface area contributed by atoms with Crippen molar-refractivity contribution in [3.63, 3.8) is 0 Å². The quantitative estimate of drug-likeness (QED) is 0.205. The first-order valence-electron chi connectivity index (χ1n) is 15.5. The molecule has 5 rings (SSSR count). The van der Waals surface area contributed by atoms with Gasteiger partial charge in [-0.25, -0.2) is 14.4 Å². The van der Waals surface area contributed by atoms with Crippen molar-refractivity contribution in [2.24, 2.45) is 11.8 Å². The number of hydrogen-bond acceptors (Lipinski definition) is 9. The Labute approximate surface area is 274 Å². The van der Waals surface area contributed by atoms with Crippen LogP contribution in [0, 0.1) is 17.7 Å². The Morgan fingerprint density at radius 2 is 1.76 bits per heavy atom. The third kappa shape index (κ3) is 7.88. The number of benzene rings is 1. The highest BCUT2D eigenvalue weighted by atomic mass is 35.5. The molecular weight excluding hydrogens is 629 g/mol. The van der Waals surface area contributed by atoms with Crippen molar-refractivity contribution in [1.82, 2.24) is 25.1 Å². The Morgan fingerprint density at radius 1 is 1.07 bits per heavy atom. The van der Waals surface area contributed by atoms with E-state index in [2.05, 4.69) is 69.6 Å². The van der Waals surface area contributed by atoms with Crippen LogP contribution in [0.3, 0.4) is 0 Å². The molecule has 0 bridgehead atoms. The SMILES string of the molecule is CC(C)(C)[Si](C)(C)OCc1nnc(-c2cc(Cl)ccc2F)cc1Nc1cc(NC(=O)C2CC(N3CCC(C(=O)O)CC3)C2)ncn1. The number of nitrogens with one attached hydrogen (secondary N) is 2. The van der Waals surface area contributed by atoms with Crippen molar-refractivity contribution in [2.75, 3.05) is 23.7 Å². The highest BCUT2D eigenvalue weighted by Gasteiger charge is 2.40. The minimum Gasteiger partial charge on any atom is -0.481 e. The summed E-state index contributed by atoms with van der Waals surface area (Å²) in [5.74, 6) is -1.00. The smallest absolute Gasteiger partial charge is 0.306 e. The molecule has 0 unspecified atom stereocenters. The molecule has 3 aromatic rings. The molecule has 1 saturated heterocycles. The number of anilines is 3. The van der Waals surface area contributed by atoms with Crippen LogP contribution < -0.4 is 10.6 Å². The van der Waals surface area contributed by atoms with E-state index in [-0.39, 0.29) is 46.7 Å². The summed E-state index contributed by atoms with van der Waals surface area (Å²) in [5.41, 5.74) is 1.54. The van der Waals surface area contributed by atoms with Crippen molar-refractivity contribution < 1.29 is 23.5 Å². The molecule has 0 spiro atoms. The molecule has 246 valence electrons. The Kier molecular flexibility index (Phi) is 10.1. The fourth-order valence-corrected chi connectivity index (χ4v) is 6.50. The highest BCUT2D eigenvalue weighted by Crippen LogP contribution is 2.38. The molecule has 2 aromatic heterocycles. The second kappa shape index (κ2) is 13.7. The van der Waals surface area contributed by atoms with Crippen LogP contribution in [0.25, 0.3) is 11.3 Å². The number of carbonyl (C=O) groups excluding carboxylic acids is 1. The van der Waals surface area contributed by atoms with Crippen LogP contribution >= 0.6 is 11.6 Å². The Morgan fingerprint density at radius 3 is 2.43 bits per heavy atom. The number of likely N-dealkylation sites (tertiary alicyclic amines) is 1. The molecule has 1 aliphatic carbocycles. The topological polar surface area (TPSA) is 142 Å². The summed E-state index contributed by atoms with van der Waals surface area (Å²) in [4.78, 5) is 35.2. The number of rotatable bonds is 10. The molecule has 0 radical (unpaired) electrons. The highest BCUT2D eigenvalue weighted by molar-refractivity contribution is 6.74. The summed E-state index contributed by atoms with van der Waals surface area (Å²) in [6, 6.07) is 7.85. The van der Waals surface area contributed by atoms with Crippen molar-refractivity contribution >= 4 is 49.1 Å². The van der Waals surface area contributed by atoms with Gasteiger partial charge in [0, 0.05) is 28.6 Å². The van der Waals surface area contributed by atoms with E-state index in [0.717, 1.165) is 25.9 Å². The molecular formula is C32H41ClFN7O4Si. The standard InChI is InChI=1S/C32H41ClFN7O4Si/c1-32(2,3)46(4,5)45-17-27-26(15-25(39-40-27)23-14-21(33)6-7-24(23)34)37-28-16-29(36-18-35-28)38-30(42)20-12-22(13-20)41-10-8-19(9-11-41)31(43)44/h6-7,14-16,18-20,22H,8-13,17H2,1-5H3,(H,43,44)(H2,35,36,37,38,39,42). The minimum atomic E-state index is -2.13. The van der Waals surface area contributed by atoms with Gasteiger partial charge in [-0.05, 0) is 81.2 Å². The van der Waals surface area contributed by atoms with Gasteiger partial charge in [-0.2, -0.15) is 5.10 Å². The number of nitrogens with zero attached hydrogens (tertiary/aromatic N) is 5. The first-order valence-corrected chi connectivity index (χ1v) is 18.8. The lowest BCUT2D eigenvalue weighted by Gasteiger charge is -2.44. The van der Waals surface area contributed by atoms with Gasteiger partial charge in [-0.15, -0.1) is 5.10 Å². The average molecular weight is 670 g/mol. The molecule has 1 saturated carbocycles. The Hall–Kier alpha value is -3.52. The fourth-order valence-electron chi connectivity index (χ4n) is 5.39. The predicted octanol–water partition coefficient (Wildman–Crippen LogP) is 6.51. The van der Waals surface area contributed by atoms with Crippen LogP contribution in [-0.2, 0) is 20.6 Å².